The molecule has 0 saturated carbocycles. The Labute approximate surface area is 91.5 Å². The van der Waals surface area contributed by atoms with Gasteiger partial charge in [0, 0.05) is 17.9 Å². The van der Waals surface area contributed by atoms with Gasteiger partial charge in [0.05, 0.1) is 0 Å². The number of thioether (sulfide) groups is 1. The summed E-state index contributed by atoms with van der Waals surface area (Å²) in [7, 11) is 0. The minimum atomic E-state index is -0.837. The Balaban J connectivity index is 2.73. The third-order valence-corrected chi connectivity index (χ3v) is 2.89. The average Bonchev–Trinajstić information content (AvgIpc) is 2.21. The van der Waals surface area contributed by atoms with E-state index < -0.39 is 11.6 Å². The van der Waals surface area contributed by atoms with Gasteiger partial charge in [0.2, 0.25) is 0 Å². The number of nitrogens with zero attached hydrogens (tertiary/aromatic N) is 1. The van der Waals surface area contributed by atoms with Crippen LogP contribution in [0.15, 0.2) is 6.07 Å². The van der Waals surface area contributed by atoms with Crippen LogP contribution in [0.3, 0.4) is 0 Å². The van der Waals surface area contributed by atoms with E-state index in [9.17, 15) is 8.78 Å². The van der Waals surface area contributed by atoms with E-state index in [1.54, 1.807) is 11.8 Å². The van der Waals surface area contributed by atoms with Gasteiger partial charge in [0.15, 0.2) is 23.3 Å². The first-order chi connectivity index (χ1) is 7.04. The van der Waals surface area contributed by atoms with E-state index in [0.29, 0.717) is 11.8 Å². The molecule has 0 radical (unpaired) electrons. The fourth-order valence-electron chi connectivity index (χ4n) is 0.929. The van der Waals surface area contributed by atoms with Gasteiger partial charge < -0.3 is 11.1 Å². The highest BCUT2D eigenvalue weighted by Crippen LogP contribution is 2.17. The molecule has 0 aliphatic rings. The number of halogens is 2. The van der Waals surface area contributed by atoms with Gasteiger partial charge in [0.25, 0.3) is 0 Å². The van der Waals surface area contributed by atoms with Crippen LogP contribution in [-0.4, -0.2) is 23.0 Å². The lowest BCUT2D eigenvalue weighted by atomic mass is 10.4. The fourth-order valence-corrected chi connectivity index (χ4v) is 1.18. The first kappa shape index (κ1) is 12.0. The van der Waals surface area contributed by atoms with Crippen molar-refractivity contribution in [1.82, 2.24) is 4.98 Å². The quantitative estimate of drug-likeness (QED) is 0.836. The predicted octanol–water partition coefficient (Wildman–Crippen LogP) is 2.11. The summed E-state index contributed by atoms with van der Waals surface area (Å²) in [6, 6.07) is 0.731. The molecule has 15 heavy (non-hydrogen) atoms. The molecule has 0 aliphatic carbocycles. The average molecular weight is 233 g/mol. The van der Waals surface area contributed by atoms with Crippen LogP contribution in [0.2, 0.25) is 0 Å². The van der Waals surface area contributed by atoms with Crippen LogP contribution in [0, 0.1) is 11.6 Å². The highest BCUT2D eigenvalue weighted by Gasteiger charge is 2.10. The zero-order valence-electron chi connectivity index (χ0n) is 8.55. The van der Waals surface area contributed by atoms with Crippen molar-refractivity contribution < 1.29 is 8.78 Å². The summed E-state index contributed by atoms with van der Waals surface area (Å²) in [5.41, 5.74) is 5.23. The molecule has 0 aliphatic heterocycles. The van der Waals surface area contributed by atoms with Crippen LogP contribution in [-0.2, 0) is 0 Å². The summed E-state index contributed by atoms with van der Waals surface area (Å²) in [5.74, 6) is -1.86. The zero-order chi connectivity index (χ0) is 11.4. The summed E-state index contributed by atoms with van der Waals surface area (Å²) in [6.07, 6.45) is 1.95. The summed E-state index contributed by atoms with van der Waals surface area (Å²) >= 11 is 1.64. The van der Waals surface area contributed by atoms with Crippen LogP contribution in [0.1, 0.15) is 6.92 Å². The van der Waals surface area contributed by atoms with Crippen molar-refractivity contribution in [2.24, 2.45) is 0 Å². The molecule has 0 spiro atoms. The molecular weight excluding hydrogens is 220 g/mol. The third-order valence-electron chi connectivity index (χ3n) is 1.92. The summed E-state index contributed by atoms with van der Waals surface area (Å²) in [6.45, 7) is 2.54. The first-order valence-corrected chi connectivity index (χ1v) is 5.71. The second kappa shape index (κ2) is 5.16. The van der Waals surface area contributed by atoms with Gasteiger partial charge in [-0.05, 0) is 6.26 Å². The Morgan fingerprint density at radius 3 is 2.80 bits per heavy atom. The number of pyridine rings is 1. The third kappa shape index (κ3) is 3.23. The monoisotopic (exact) mass is 233 g/mol. The Kier molecular flexibility index (Phi) is 4.14. The molecule has 0 aromatic carbocycles. The molecule has 84 valence electrons. The topological polar surface area (TPSA) is 50.9 Å². The second-order valence-electron chi connectivity index (χ2n) is 3.11. The molecule has 1 unspecified atom stereocenters. The molecule has 1 aromatic heterocycles. The van der Waals surface area contributed by atoms with E-state index in [2.05, 4.69) is 10.3 Å². The smallest absolute Gasteiger partial charge is 0.168 e. The van der Waals surface area contributed by atoms with Gasteiger partial charge in [-0.2, -0.15) is 11.8 Å². The lowest BCUT2D eigenvalue weighted by molar-refractivity contribution is 0.579. The van der Waals surface area contributed by atoms with Gasteiger partial charge in [0.1, 0.15) is 0 Å². The Bertz CT molecular complexity index is 346. The fraction of sp³-hybridized carbons (Fsp3) is 0.444. The standard InChI is InChI=1S/C9H13F2N3S/c1-5(15-2)4-13-9-7(11)3-6(10)8(12)14-9/h3,5H,4H2,1-2H3,(H3,12,13,14). The Morgan fingerprint density at radius 1 is 1.53 bits per heavy atom. The zero-order valence-corrected chi connectivity index (χ0v) is 9.37. The molecule has 1 rings (SSSR count). The maximum absolute atomic E-state index is 13.2. The van der Waals surface area contributed by atoms with E-state index in [-0.39, 0.29) is 11.6 Å². The molecule has 3 N–H and O–H groups in total. The van der Waals surface area contributed by atoms with E-state index in [1.807, 2.05) is 13.2 Å². The number of hydrogen-bond donors (Lipinski definition) is 2. The van der Waals surface area contributed by atoms with Crippen molar-refractivity contribution in [3.05, 3.63) is 17.7 Å². The van der Waals surface area contributed by atoms with Crippen LogP contribution in [0.4, 0.5) is 20.4 Å². The number of nitrogen functional groups attached to an aromatic ring is 1. The SMILES string of the molecule is CSC(C)CNc1nc(N)c(F)cc1F. The van der Waals surface area contributed by atoms with Gasteiger partial charge in [-0.1, -0.05) is 6.92 Å². The highest BCUT2D eigenvalue weighted by atomic mass is 32.2. The molecule has 1 heterocycles. The molecule has 1 atom stereocenters. The minimum Gasteiger partial charge on any atom is -0.381 e. The van der Waals surface area contributed by atoms with Crippen LogP contribution < -0.4 is 11.1 Å². The molecule has 6 heteroatoms. The number of nitrogens with one attached hydrogen (secondary N) is 1. The maximum Gasteiger partial charge on any atom is 0.168 e. The van der Waals surface area contributed by atoms with E-state index >= 15 is 0 Å². The number of nitrogens with two attached hydrogens (primary N) is 1. The Morgan fingerprint density at radius 2 is 2.20 bits per heavy atom. The molecule has 0 fully saturated rings. The Hall–Kier alpha value is -1.04. The van der Waals surface area contributed by atoms with Crippen molar-refractivity contribution in [3.63, 3.8) is 0 Å². The normalized spacial score (nSPS) is 12.5. The number of anilines is 2. The number of hydrogen-bond acceptors (Lipinski definition) is 4. The van der Waals surface area contributed by atoms with Crippen LogP contribution in [0.25, 0.3) is 0 Å². The summed E-state index contributed by atoms with van der Waals surface area (Å²) < 4.78 is 25.9. The summed E-state index contributed by atoms with van der Waals surface area (Å²) in [4.78, 5) is 3.59. The predicted molar refractivity (Wildman–Crippen MR) is 60.0 cm³/mol. The largest absolute Gasteiger partial charge is 0.381 e. The van der Waals surface area contributed by atoms with Gasteiger partial charge in [-0.15, -0.1) is 0 Å². The lowest BCUT2D eigenvalue weighted by Crippen LogP contribution is -2.15. The van der Waals surface area contributed by atoms with Crippen molar-refractivity contribution in [3.8, 4) is 0 Å². The molecule has 0 saturated heterocycles. The van der Waals surface area contributed by atoms with Crippen molar-refractivity contribution in [2.45, 2.75) is 12.2 Å². The van der Waals surface area contributed by atoms with Crippen LogP contribution in [0.5, 0.6) is 0 Å². The highest BCUT2D eigenvalue weighted by molar-refractivity contribution is 7.99. The van der Waals surface area contributed by atoms with E-state index in [0.717, 1.165) is 6.07 Å². The molecule has 0 amide bonds. The lowest BCUT2D eigenvalue weighted by Gasteiger charge is -2.11. The number of rotatable bonds is 4. The van der Waals surface area contributed by atoms with Crippen molar-refractivity contribution in [2.75, 3.05) is 23.9 Å². The summed E-state index contributed by atoms with van der Waals surface area (Å²) in [5, 5.41) is 3.10. The van der Waals surface area contributed by atoms with Gasteiger partial charge in [-0.25, -0.2) is 13.8 Å². The van der Waals surface area contributed by atoms with E-state index in [4.69, 9.17) is 5.73 Å². The van der Waals surface area contributed by atoms with Crippen molar-refractivity contribution in [1.29, 1.82) is 0 Å². The maximum atomic E-state index is 13.2. The second-order valence-corrected chi connectivity index (χ2v) is 4.39. The molecule has 3 nitrogen and oxygen atoms in total. The van der Waals surface area contributed by atoms with Gasteiger partial charge >= 0.3 is 0 Å². The van der Waals surface area contributed by atoms with E-state index in [1.165, 1.54) is 0 Å². The number of aromatic nitrogens is 1. The van der Waals surface area contributed by atoms with Crippen LogP contribution >= 0.6 is 11.8 Å². The molecule has 0 bridgehead atoms. The molecule has 1 aromatic rings. The van der Waals surface area contributed by atoms with Crippen molar-refractivity contribution >= 4 is 23.4 Å². The molecular formula is C9H13F2N3S. The minimum absolute atomic E-state index is 0.00481. The van der Waals surface area contributed by atoms with Gasteiger partial charge in [-0.3, -0.25) is 0 Å². The first-order valence-electron chi connectivity index (χ1n) is 4.42.